The average Bonchev–Trinajstić information content (AvgIpc) is 2.88. The molecule has 0 aliphatic heterocycles. The van der Waals surface area contributed by atoms with Gasteiger partial charge in [0.15, 0.2) is 5.96 Å². The number of aryl methyl sites for hydroxylation is 1. The number of thiazole rings is 1. The molecule has 1 aromatic heterocycles. The van der Waals surface area contributed by atoms with Crippen molar-refractivity contribution in [2.45, 2.75) is 20.0 Å². The minimum absolute atomic E-state index is 0.709. The van der Waals surface area contributed by atoms with Gasteiger partial charge >= 0.3 is 0 Å². The third-order valence-corrected chi connectivity index (χ3v) is 4.31. The van der Waals surface area contributed by atoms with Gasteiger partial charge < -0.3 is 10.2 Å². The summed E-state index contributed by atoms with van der Waals surface area (Å²) in [7, 11) is 3.78. The molecular weight excluding hydrogens is 304 g/mol. The van der Waals surface area contributed by atoms with Crippen LogP contribution >= 0.6 is 22.9 Å². The molecule has 1 heterocycles. The molecule has 0 bridgehead atoms. The van der Waals surface area contributed by atoms with E-state index in [9.17, 15) is 0 Å². The molecule has 0 atom stereocenters. The minimum Gasteiger partial charge on any atom is -0.351 e. The lowest BCUT2D eigenvalue weighted by atomic mass is 10.2. The van der Waals surface area contributed by atoms with E-state index >= 15 is 0 Å². The van der Waals surface area contributed by atoms with E-state index in [4.69, 9.17) is 11.6 Å². The van der Waals surface area contributed by atoms with Crippen LogP contribution in [-0.2, 0) is 13.1 Å². The second kappa shape index (κ2) is 7.43. The highest BCUT2D eigenvalue weighted by Crippen LogP contribution is 2.16. The van der Waals surface area contributed by atoms with Crippen LogP contribution in [0, 0.1) is 6.92 Å². The van der Waals surface area contributed by atoms with Crippen molar-refractivity contribution in [3.05, 3.63) is 50.9 Å². The summed E-state index contributed by atoms with van der Waals surface area (Å²) in [5.74, 6) is 0.834. The molecule has 0 aliphatic carbocycles. The number of halogens is 1. The van der Waals surface area contributed by atoms with E-state index in [2.05, 4.69) is 20.2 Å². The van der Waals surface area contributed by atoms with Crippen LogP contribution in [0.25, 0.3) is 0 Å². The van der Waals surface area contributed by atoms with E-state index in [1.165, 1.54) is 4.88 Å². The van der Waals surface area contributed by atoms with Crippen LogP contribution in [0.4, 0.5) is 0 Å². The summed E-state index contributed by atoms with van der Waals surface area (Å²) in [4.78, 5) is 11.8. The number of aromatic nitrogens is 1. The summed E-state index contributed by atoms with van der Waals surface area (Å²) < 4.78 is 0. The van der Waals surface area contributed by atoms with Crippen molar-refractivity contribution in [2.75, 3.05) is 14.1 Å². The van der Waals surface area contributed by atoms with Gasteiger partial charge in [0.2, 0.25) is 0 Å². The smallest absolute Gasteiger partial charge is 0.193 e. The Labute approximate surface area is 134 Å². The molecule has 0 unspecified atom stereocenters. The Hall–Kier alpha value is -1.59. The van der Waals surface area contributed by atoms with Gasteiger partial charge in [-0.1, -0.05) is 29.8 Å². The fourth-order valence-electron chi connectivity index (χ4n) is 1.99. The second-order valence-electron chi connectivity index (χ2n) is 4.69. The topological polar surface area (TPSA) is 40.5 Å². The number of nitrogens with zero attached hydrogens (tertiary/aromatic N) is 3. The molecule has 0 radical (unpaired) electrons. The molecule has 0 amide bonds. The number of guanidine groups is 1. The molecule has 112 valence electrons. The van der Waals surface area contributed by atoms with Crippen LogP contribution in [0.15, 0.2) is 35.5 Å². The Morgan fingerprint density at radius 3 is 2.81 bits per heavy atom. The number of nitrogens with one attached hydrogen (secondary N) is 1. The molecule has 4 nitrogen and oxygen atoms in total. The van der Waals surface area contributed by atoms with Crippen LogP contribution in [0.1, 0.15) is 15.4 Å². The monoisotopic (exact) mass is 322 g/mol. The first-order valence-electron chi connectivity index (χ1n) is 6.66. The number of benzene rings is 1. The molecule has 21 heavy (non-hydrogen) atoms. The minimum atomic E-state index is 0.709. The molecular formula is C15H19ClN4S. The first-order chi connectivity index (χ1) is 10.1. The maximum atomic E-state index is 6.20. The van der Waals surface area contributed by atoms with E-state index in [1.54, 1.807) is 18.4 Å². The summed E-state index contributed by atoms with van der Waals surface area (Å²) >= 11 is 7.89. The van der Waals surface area contributed by atoms with E-state index in [0.717, 1.165) is 28.1 Å². The van der Waals surface area contributed by atoms with Gasteiger partial charge in [0.05, 0.1) is 11.6 Å². The lowest BCUT2D eigenvalue weighted by molar-refractivity contribution is 0.477. The van der Waals surface area contributed by atoms with Gasteiger partial charge in [-0.25, -0.2) is 4.98 Å². The van der Waals surface area contributed by atoms with Gasteiger partial charge in [0, 0.05) is 36.7 Å². The highest BCUT2D eigenvalue weighted by atomic mass is 35.5. The van der Waals surface area contributed by atoms with Gasteiger partial charge in [-0.15, -0.1) is 11.3 Å². The van der Waals surface area contributed by atoms with Crippen molar-refractivity contribution in [3.63, 3.8) is 0 Å². The number of hydrogen-bond acceptors (Lipinski definition) is 3. The number of hydrogen-bond donors (Lipinski definition) is 1. The Balaban J connectivity index is 1.96. The normalized spacial score (nSPS) is 11.5. The summed E-state index contributed by atoms with van der Waals surface area (Å²) in [6.07, 6.45) is 1.90. The molecule has 0 fully saturated rings. The molecule has 0 aliphatic rings. The SMILES string of the molecule is CN=C(NCc1cnc(C)s1)N(C)Cc1ccccc1Cl. The van der Waals surface area contributed by atoms with Crippen molar-refractivity contribution in [1.82, 2.24) is 15.2 Å². The average molecular weight is 323 g/mol. The van der Waals surface area contributed by atoms with Crippen LogP contribution in [0.2, 0.25) is 5.02 Å². The Kier molecular flexibility index (Phi) is 5.59. The molecule has 0 saturated carbocycles. The summed E-state index contributed by atoms with van der Waals surface area (Å²) in [6, 6.07) is 7.86. The van der Waals surface area contributed by atoms with E-state index in [1.807, 2.05) is 44.4 Å². The summed E-state index contributed by atoms with van der Waals surface area (Å²) in [5, 5.41) is 5.19. The molecule has 1 N–H and O–H groups in total. The van der Waals surface area contributed by atoms with Gasteiger partial charge in [0.1, 0.15) is 0 Å². The zero-order valence-corrected chi connectivity index (χ0v) is 14.0. The number of rotatable bonds is 4. The van der Waals surface area contributed by atoms with E-state index < -0.39 is 0 Å². The Morgan fingerprint density at radius 2 is 2.19 bits per heavy atom. The highest BCUT2D eigenvalue weighted by Gasteiger charge is 2.09. The zero-order chi connectivity index (χ0) is 15.2. The standard InChI is InChI=1S/C15H19ClN4S/c1-11-18-8-13(21-11)9-19-15(17-2)20(3)10-12-6-4-5-7-14(12)16/h4-8H,9-10H2,1-3H3,(H,17,19). The van der Waals surface area contributed by atoms with Crippen LogP contribution < -0.4 is 5.32 Å². The predicted molar refractivity (Wildman–Crippen MR) is 90.0 cm³/mol. The zero-order valence-electron chi connectivity index (χ0n) is 12.4. The Bertz CT molecular complexity index is 624. The second-order valence-corrected chi connectivity index (χ2v) is 6.42. The van der Waals surface area contributed by atoms with Crippen molar-refractivity contribution in [2.24, 2.45) is 4.99 Å². The molecule has 0 saturated heterocycles. The van der Waals surface area contributed by atoms with Crippen molar-refractivity contribution in [1.29, 1.82) is 0 Å². The third-order valence-electron chi connectivity index (χ3n) is 3.03. The van der Waals surface area contributed by atoms with E-state index in [-0.39, 0.29) is 0 Å². The maximum absolute atomic E-state index is 6.20. The van der Waals surface area contributed by atoms with Crippen LogP contribution in [0.3, 0.4) is 0 Å². The van der Waals surface area contributed by atoms with Crippen molar-refractivity contribution >= 4 is 28.9 Å². The maximum Gasteiger partial charge on any atom is 0.193 e. The van der Waals surface area contributed by atoms with Gasteiger partial charge in [-0.3, -0.25) is 4.99 Å². The van der Waals surface area contributed by atoms with Crippen molar-refractivity contribution < 1.29 is 0 Å². The summed E-state index contributed by atoms with van der Waals surface area (Å²) in [6.45, 7) is 3.44. The van der Waals surface area contributed by atoms with Crippen molar-refractivity contribution in [3.8, 4) is 0 Å². The van der Waals surface area contributed by atoms with Gasteiger partial charge in [-0.05, 0) is 18.6 Å². The largest absolute Gasteiger partial charge is 0.351 e. The first kappa shape index (κ1) is 15.8. The first-order valence-corrected chi connectivity index (χ1v) is 7.86. The lowest BCUT2D eigenvalue weighted by Crippen LogP contribution is -2.37. The third kappa shape index (κ3) is 4.44. The quantitative estimate of drug-likeness (QED) is 0.693. The predicted octanol–water partition coefficient (Wildman–Crippen LogP) is 3.31. The number of aliphatic imine (C=N–C) groups is 1. The lowest BCUT2D eigenvalue weighted by Gasteiger charge is -2.22. The van der Waals surface area contributed by atoms with Gasteiger partial charge in [-0.2, -0.15) is 0 Å². The molecule has 2 aromatic rings. The fourth-order valence-corrected chi connectivity index (χ4v) is 2.93. The molecule has 0 spiro atoms. The Morgan fingerprint density at radius 1 is 1.43 bits per heavy atom. The van der Waals surface area contributed by atoms with Crippen LogP contribution in [0.5, 0.6) is 0 Å². The fraction of sp³-hybridized carbons (Fsp3) is 0.333. The van der Waals surface area contributed by atoms with Crippen LogP contribution in [-0.4, -0.2) is 29.9 Å². The van der Waals surface area contributed by atoms with E-state index in [0.29, 0.717) is 6.54 Å². The molecule has 1 aromatic carbocycles. The highest BCUT2D eigenvalue weighted by molar-refractivity contribution is 7.11. The van der Waals surface area contributed by atoms with Gasteiger partial charge in [0.25, 0.3) is 0 Å². The molecule has 2 rings (SSSR count). The summed E-state index contributed by atoms with van der Waals surface area (Å²) in [5.41, 5.74) is 1.08. The molecule has 6 heteroatoms.